The van der Waals surface area contributed by atoms with E-state index in [9.17, 15) is 9.90 Å². The van der Waals surface area contributed by atoms with Crippen molar-refractivity contribution < 1.29 is 14.6 Å². The Morgan fingerprint density at radius 2 is 1.97 bits per heavy atom. The highest BCUT2D eigenvalue weighted by atomic mass is 16.5. The summed E-state index contributed by atoms with van der Waals surface area (Å²) in [7, 11) is 9.55. The molecule has 0 spiro atoms. The number of nitrogens with zero attached hydrogens (tertiary/aromatic N) is 5. The minimum Gasteiger partial charge on any atom is -0.494 e. The average molecular weight is 425 g/mol. The highest BCUT2D eigenvalue weighted by Crippen LogP contribution is 2.31. The van der Waals surface area contributed by atoms with E-state index < -0.39 is 5.97 Å². The standard InChI is InChI=1S/C22H28N6O3/c1-26(2)10-11-27(3)16-6-7-18(20(13-16)31-5)25-22-23-9-8-17(24-22)19-12-15(21(29)30)14-28(19)4/h6-9,12-14H,10-11H2,1-5H3,(H,29,30)(H,23,24,25). The molecule has 0 fully saturated rings. The fourth-order valence-corrected chi connectivity index (χ4v) is 3.12. The van der Waals surface area contributed by atoms with Gasteiger partial charge in [-0.2, -0.15) is 0 Å². The molecule has 3 rings (SSSR count). The predicted molar refractivity (Wildman–Crippen MR) is 121 cm³/mol. The van der Waals surface area contributed by atoms with E-state index >= 15 is 0 Å². The molecule has 0 unspecified atom stereocenters. The number of carboxylic acid groups (broad SMARTS) is 1. The van der Waals surface area contributed by atoms with Crippen molar-refractivity contribution in [1.29, 1.82) is 0 Å². The first-order valence-corrected chi connectivity index (χ1v) is 9.82. The summed E-state index contributed by atoms with van der Waals surface area (Å²) in [6.07, 6.45) is 3.19. The molecule has 0 aliphatic heterocycles. The van der Waals surface area contributed by atoms with Crippen LogP contribution in [0.1, 0.15) is 10.4 Å². The number of hydrogen-bond acceptors (Lipinski definition) is 7. The molecule has 0 saturated carbocycles. The molecule has 9 heteroatoms. The molecule has 164 valence electrons. The largest absolute Gasteiger partial charge is 0.494 e. The van der Waals surface area contributed by atoms with E-state index in [1.807, 2.05) is 39.3 Å². The van der Waals surface area contributed by atoms with Crippen LogP contribution in [0.4, 0.5) is 17.3 Å². The van der Waals surface area contributed by atoms with Crippen molar-refractivity contribution in [1.82, 2.24) is 19.4 Å². The van der Waals surface area contributed by atoms with Crippen LogP contribution in [0.25, 0.3) is 11.4 Å². The third-order valence-corrected chi connectivity index (χ3v) is 4.92. The van der Waals surface area contributed by atoms with Crippen molar-refractivity contribution in [3.63, 3.8) is 0 Å². The van der Waals surface area contributed by atoms with Gasteiger partial charge >= 0.3 is 5.97 Å². The minimum absolute atomic E-state index is 0.210. The number of aryl methyl sites for hydroxylation is 1. The van der Waals surface area contributed by atoms with Gasteiger partial charge in [-0.25, -0.2) is 14.8 Å². The maximum atomic E-state index is 11.2. The number of ether oxygens (including phenoxy) is 1. The number of aromatic nitrogens is 3. The number of carboxylic acids is 1. The van der Waals surface area contributed by atoms with E-state index in [0.29, 0.717) is 23.1 Å². The van der Waals surface area contributed by atoms with E-state index in [2.05, 4.69) is 25.1 Å². The zero-order chi connectivity index (χ0) is 22.5. The van der Waals surface area contributed by atoms with Crippen molar-refractivity contribution >= 4 is 23.3 Å². The molecule has 1 aromatic carbocycles. The lowest BCUT2D eigenvalue weighted by atomic mass is 10.2. The molecule has 0 aliphatic rings. The van der Waals surface area contributed by atoms with Crippen LogP contribution < -0.4 is 15.0 Å². The van der Waals surface area contributed by atoms with Gasteiger partial charge in [-0.05, 0) is 38.4 Å². The molecule has 0 atom stereocenters. The number of aromatic carboxylic acids is 1. The predicted octanol–water partition coefficient (Wildman–Crippen LogP) is 2.93. The summed E-state index contributed by atoms with van der Waals surface area (Å²) in [4.78, 5) is 24.4. The van der Waals surface area contributed by atoms with Crippen LogP contribution in [0.5, 0.6) is 5.75 Å². The normalized spacial score (nSPS) is 10.9. The summed E-state index contributed by atoms with van der Waals surface area (Å²) in [5.74, 6) is 0.0902. The fourth-order valence-electron chi connectivity index (χ4n) is 3.12. The Hall–Kier alpha value is -3.59. The van der Waals surface area contributed by atoms with E-state index in [-0.39, 0.29) is 5.56 Å². The second kappa shape index (κ2) is 9.48. The van der Waals surface area contributed by atoms with Gasteiger partial charge in [0.2, 0.25) is 5.95 Å². The first-order chi connectivity index (χ1) is 14.8. The smallest absolute Gasteiger partial charge is 0.337 e. The quantitative estimate of drug-likeness (QED) is 0.541. The molecule has 0 radical (unpaired) electrons. The lowest BCUT2D eigenvalue weighted by molar-refractivity contribution is 0.0697. The van der Waals surface area contributed by atoms with E-state index in [1.54, 1.807) is 43.3 Å². The topological polar surface area (TPSA) is 95.8 Å². The molecule has 2 heterocycles. The average Bonchev–Trinajstić information content (AvgIpc) is 3.14. The summed E-state index contributed by atoms with van der Waals surface area (Å²) in [6, 6.07) is 9.25. The summed E-state index contributed by atoms with van der Waals surface area (Å²) >= 11 is 0. The van der Waals surface area contributed by atoms with Crippen molar-refractivity contribution in [3.05, 3.63) is 48.3 Å². The van der Waals surface area contributed by atoms with Crippen molar-refractivity contribution in [2.75, 3.05) is 51.6 Å². The number of carbonyl (C=O) groups is 1. The van der Waals surface area contributed by atoms with Gasteiger partial charge in [0.05, 0.1) is 29.7 Å². The third-order valence-electron chi connectivity index (χ3n) is 4.92. The van der Waals surface area contributed by atoms with Crippen LogP contribution in [0, 0.1) is 0 Å². The SMILES string of the molecule is COc1cc(N(C)CCN(C)C)ccc1Nc1nccc(-c2cc(C(=O)O)cn2C)n1. The molecular formula is C22H28N6O3. The Morgan fingerprint density at radius 3 is 2.61 bits per heavy atom. The number of methoxy groups -OCH3 is 1. The third kappa shape index (κ3) is 5.32. The van der Waals surface area contributed by atoms with Gasteiger partial charge in [-0.15, -0.1) is 0 Å². The van der Waals surface area contributed by atoms with Gasteiger partial charge in [-0.3, -0.25) is 0 Å². The molecule has 0 saturated heterocycles. The maximum Gasteiger partial charge on any atom is 0.337 e. The Kier molecular flexibility index (Phi) is 6.76. The molecular weight excluding hydrogens is 396 g/mol. The lowest BCUT2D eigenvalue weighted by Crippen LogP contribution is -2.28. The molecule has 0 bridgehead atoms. The summed E-state index contributed by atoms with van der Waals surface area (Å²) in [6.45, 7) is 1.84. The number of benzene rings is 1. The van der Waals surface area contributed by atoms with Crippen LogP contribution in [-0.2, 0) is 7.05 Å². The van der Waals surface area contributed by atoms with Crippen molar-refractivity contribution in [2.24, 2.45) is 7.05 Å². The summed E-state index contributed by atoms with van der Waals surface area (Å²) < 4.78 is 7.30. The van der Waals surface area contributed by atoms with Crippen molar-refractivity contribution in [3.8, 4) is 17.1 Å². The molecule has 31 heavy (non-hydrogen) atoms. The Labute approximate surface area is 181 Å². The summed E-state index contributed by atoms with van der Waals surface area (Å²) in [5.41, 5.74) is 3.30. The van der Waals surface area contributed by atoms with Crippen LogP contribution in [0.2, 0.25) is 0 Å². The molecule has 9 nitrogen and oxygen atoms in total. The van der Waals surface area contributed by atoms with Crippen LogP contribution >= 0.6 is 0 Å². The first kappa shape index (κ1) is 22.1. The zero-order valence-electron chi connectivity index (χ0n) is 18.5. The van der Waals surface area contributed by atoms with Crippen LogP contribution in [-0.4, -0.2) is 71.9 Å². The molecule has 0 aliphatic carbocycles. The number of anilines is 3. The van der Waals surface area contributed by atoms with Crippen LogP contribution in [0.3, 0.4) is 0 Å². The highest BCUT2D eigenvalue weighted by Gasteiger charge is 2.14. The van der Waals surface area contributed by atoms with Gasteiger partial charge in [0.1, 0.15) is 5.75 Å². The minimum atomic E-state index is -0.977. The van der Waals surface area contributed by atoms with E-state index in [4.69, 9.17) is 4.74 Å². The first-order valence-electron chi connectivity index (χ1n) is 9.82. The molecule has 2 aromatic heterocycles. The Morgan fingerprint density at radius 1 is 1.19 bits per heavy atom. The fraction of sp³-hybridized carbons (Fsp3) is 0.318. The second-order valence-electron chi connectivity index (χ2n) is 7.53. The maximum absolute atomic E-state index is 11.2. The lowest BCUT2D eigenvalue weighted by Gasteiger charge is -2.22. The van der Waals surface area contributed by atoms with E-state index in [0.717, 1.165) is 24.5 Å². The number of likely N-dealkylation sites (N-methyl/N-ethyl adjacent to an activating group) is 2. The van der Waals surface area contributed by atoms with Gasteiger partial charge in [0, 0.05) is 51.3 Å². The van der Waals surface area contributed by atoms with Gasteiger partial charge in [0.25, 0.3) is 0 Å². The highest BCUT2D eigenvalue weighted by molar-refractivity contribution is 5.89. The van der Waals surface area contributed by atoms with E-state index in [1.165, 1.54) is 0 Å². The number of rotatable bonds is 9. The zero-order valence-corrected chi connectivity index (χ0v) is 18.5. The molecule has 3 aromatic rings. The molecule has 2 N–H and O–H groups in total. The second-order valence-corrected chi connectivity index (χ2v) is 7.53. The van der Waals surface area contributed by atoms with Crippen molar-refractivity contribution in [2.45, 2.75) is 0 Å². The Balaban J connectivity index is 1.83. The Bertz CT molecular complexity index is 1060. The summed E-state index contributed by atoms with van der Waals surface area (Å²) in [5, 5.41) is 12.4. The monoisotopic (exact) mass is 424 g/mol. The number of nitrogens with one attached hydrogen (secondary N) is 1. The molecule has 0 amide bonds. The van der Waals surface area contributed by atoms with Gasteiger partial charge in [0.15, 0.2) is 0 Å². The number of hydrogen-bond donors (Lipinski definition) is 2. The van der Waals surface area contributed by atoms with Crippen LogP contribution in [0.15, 0.2) is 42.7 Å². The van der Waals surface area contributed by atoms with Gasteiger partial charge < -0.3 is 29.5 Å². The van der Waals surface area contributed by atoms with Gasteiger partial charge in [-0.1, -0.05) is 0 Å².